The summed E-state index contributed by atoms with van der Waals surface area (Å²) < 4.78 is 35.4. The molecule has 0 heterocycles. The van der Waals surface area contributed by atoms with Crippen molar-refractivity contribution in [3.8, 4) is 0 Å². The van der Waals surface area contributed by atoms with Gasteiger partial charge in [-0.25, -0.2) is 0 Å². The van der Waals surface area contributed by atoms with Crippen molar-refractivity contribution in [1.82, 2.24) is 0 Å². The Hall–Kier alpha value is 0.430. The van der Waals surface area contributed by atoms with Gasteiger partial charge in [0.15, 0.2) is 0 Å². The highest BCUT2D eigenvalue weighted by Crippen LogP contribution is 2.46. The maximum absolute atomic E-state index is 11.8. The Morgan fingerprint density at radius 2 is 1.92 bits per heavy atom. The molecular formula is C8H12ClF3S. The Balaban J connectivity index is 2.18. The number of rotatable bonds is 4. The molecule has 13 heavy (non-hydrogen) atoms. The van der Waals surface area contributed by atoms with Gasteiger partial charge in [0.1, 0.15) is 0 Å². The predicted octanol–water partition coefficient (Wildman–Crippen LogP) is 4.04. The van der Waals surface area contributed by atoms with Crippen LogP contribution in [0.2, 0.25) is 0 Å². The highest BCUT2D eigenvalue weighted by molar-refractivity contribution is 8.00. The van der Waals surface area contributed by atoms with Crippen LogP contribution in [0.25, 0.3) is 0 Å². The monoisotopic (exact) mass is 232 g/mol. The van der Waals surface area contributed by atoms with Gasteiger partial charge >= 0.3 is 5.51 Å². The molecule has 0 amide bonds. The number of hydrogen-bond acceptors (Lipinski definition) is 1. The molecule has 0 bridgehead atoms. The molecule has 0 radical (unpaired) electrons. The lowest BCUT2D eigenvalue weighted by Gasteiger charge is -2.40. The van der Waals surface area contributed by atoms with Gasteiger partial charge in [-0.3, -0.25) is 0 Å². The third-order valence-corrected chi connectivity index (χ3v) is 3.90. The summed E-state index contributed by atoms with van der Waals surface area (Å²) in [4.78, 5) is 0. The van der Waals surface area contributed by atoms with Crippen LogP contribution in [0.1, 0.15) is 25.7 Å². The molecule has 5 heteroatoms. The molecule has 0 atom stereocenters. The van der Waals surface area contributed by atoms with E-state index in [1.54, 1.807) is 0 Å². The van der Waals surface area contributed by atoms with E-state index in [2.05, 4.69) is 0 Å². The molecule has 1 aliphatic rings. The van der Waals surface area contributed by atoms with Crippen molar-refractivity contribution in [2.75, 3.05) is 11.6 Å². The zero-order chi connectivity index (χ0) is 9.95. The van der Waals surface area contributed by atoms with Crippen LogP contribution in [0.15, 0.2) is 0 Å². The van der Waals surface area contributed by atoms with Gasteiger partial charge in [0, 0.05) is 11.6 Å². The van der Waals surface area contributed by atoms with Crippen LogP contribution < -0.4 is 0 Å². The molecule has 1 aliphatic carbocycles. The smallest absolute Gasteiger partial charge is 0.160 e. The van der Waals surface area contributed by atoms with Gasteiger partial charge in [0.2, 0.25) is 0 Å². The standard InChI is InChI=1S/C8H12ClF3S/c9-6-7(2-1-3-7)4-5-13-8(10,11)12/h1-6H2. The maximum Gasteiger partial charge on any atom is 0.441 e. The summed E-state index contributed by atoms with van der Waals surface area (Å²) in [5, 5.41) is 0. The largest absolute Gasteiger partial charge is 0.441 e. The van der Waals surface area contributed by atoms with Crippen molar-refractivity contribution >= 4 is 23.4 Å². The van der Waals surface area contributed by atoms with Crippen molar-refractivity contribution < 1.29 is 13.2 Å². The van der Waals surface area contributed by atoms with E-state index >= 15 is 0 Å². The maximum atomic E-state index is 11.8. The second-order valence-electron chi connectivity index (χ2n) is 3.53. The van der Waals surface area contributed by atoms with Gasteiger partial charge in [-0.15, -0.1) is 11.6 Å². The van der Waals surface area contributed by atoms with Crippen molar-refractivity contribution in [3.05, 3.63) is 0 Å². The van der Waals surface area contributed by atoms with Crippen molar-refractivity contribution in [3.63, 3.8) is 0 Å². The van der Waals surface area contributed by atoms with Gasteiger partial charge in [-0.1, -0.05) is 18.2 Å². The normalized spacial score (nSPS) is 21.2. The first kappa shape index (κ1) is 11.5. The van der Waals surface area contributed by atoms with Gasteiger partial charge in [0.25, 0.3) is 0 Å². The van der Waals surface area contributed by atoms with Crippen LogP contribution in [0.5, 0.6) is 0 Å². The van der Waals surface area contributed by atoms with Gasteiger partial charge in [-0.2, -0.15) is 13.2 Å². The van der Waals surface area contributed by atoms with E-state index in [9.17, 15) is 13.2 Å². The molecule has 0 aliphatic heterocycles. The summed E-state index contributed by atoms with van der Waals surface area (Å²) in [6.07, 6.45) is 3.70. The van der Waals surface area contributed by atoms with E-state index in [1.165, 1.54) is 0 Å². The minimum Gasteiger partial charge on any atom is -0.160 e. The molecule has 0 aromatic carbocycles. The predicted molar refractivity (Wildman–Crippen MR) is 50.1 cm³/mol. The van der Waals surface area contributed by atoms with Crippen molar-refractivity contribution in [2.45, 2.75) is 31.2 Å². The van der Waals surface area contributed by atoms with Gasteiger partial charge in [-0.05, 0) is 24.7 Å². The third-order valence-electron chi connectivity index (χ3n) is 2.60. The lowest BCUT2D eigenvalue weighted by molar-refractivity contribution is -0.0330. The molecule has 0 nitrogen and oxygen atoms in total. The highest BCUT2D eigenvalue weighted by atomic mass is 35.5. The third kappa shape index (κ3) is 3.58. The Morgan fingerprint density at radius 1 is 1.31 bits per heavy atom. The molecule has 0 saturated heterocycles. The van der Waals surface area contributed by atoms with Crippen LogP contribution in [-0.2, 0) is 0 Å². The summed E-state index contributed by atoms with van der Waals surface area (Å²) in [7, 11) is 0. The summed E-state index contributed by atoms with van der Waals surface area (Å²) in [5.41, 5.74) is -4.06. The zero-order valence-corrected chi connectivity index (χ0v) is 8.74. The summed E-state index contributed by atoms with van der Waals surface area (Å²) in [6, 6.07) is 0. The molecule has 0 unspecified atom stereocenters. The fraction of sp³-hybridized carbons (Fsp3) is 1.00. The van der Waals surface area contributed by atoms with E-state index in [0.29, 0.717) is 12.3 Å². The van der Waals surface area contributed by atoms with E-state index in [4.69, 9.17) is 11.6 Å². The zero-order valence-electron chi connectivity index (χ0n) is 7.16. The molecule has 78 valence electrons. The average molecular weight is 233 g/mol. The molecule has 0 N–H and O–H groups in total. The Morgan fingerprint density at radius 3 is 2.23 bits per heavy atom. The van der Waals surface area contributed by atoms with E-state index in [0.717, 1.165) is 19.3 Å². The average Bonchev–Trinajstić information content (AvgIpc) is 1.92. The number of thioether (sulfide) groups is 1. The van der Waals surface area contributed by atoms with Crippen molar-refractivity contribution in [2.24, 2.45) is 5.41 Å². The SMILES string of the molecule is FC(F)(F)SCCC1(CCl)CCC1. The first-order valence-electron chi connectivity index (χ1n) is 4.24. The molecule has 1 fully saturated rings. The highest BCUT2D eigenvalue weighted by Gasteiger charge is 2.37. The molecule has 0 spiro atoms. The van der Waals surface area contributed by atoms with Crippen molar-refractivity contribution in [1.29, 1.82) is 0 Å². The molecular weight excluding hydrogens is 221 g/mol. The lowest BCUT2D eigenvalue weighted by atomic mass is 9.68. The first-order valence-corrected chi connectivity index (χ1v) is 5.76. The van der Waals surface area contributed by atoms with Crippen LogP contribution in [0.4, 0.5) is 13.2 Å². The number of hydrogen-bond donors (Lipinski definition) is 0. The molecule has 1 saturated carbocycles. The van der Waals surface area contributed by atoms with Gasteiger partial charge in [0.05, 0.1) is 0 Å². The van der Waals surface area contributed by atoms with E-state index < -0.39 is 5.51 Å². The Bertz CT molecular complexity index is 160. The van der Waals surface area contributed by atoms with E-state index in [-0.39, 0.29) is 22.9 Å². The van der Waals surface area contributed by atoms with E-state index in [1.807, 2.05) is 0 Å². The second kappa shape index (κ2) is 4.30. The van der Waals surface area contributed by atoms with Crippen LogP contribution in [0.3, 0.4) is 0 Å². The fourth-order valence-corrected chi connectivity index (χ4v) is 2.68. The minimum absolute atomic E-state index is 0.0276. The topological polar surface area (TPSA) is 0 Å². The number of halogens is 4. The minimum atomic E-state index is -4.09. The van der Waals surface area contributed by atoms with Crippen LogP contribution in [-0.4, -0.2) is 17.1 Å². The van der Waals surface area contributed by atoms with Crippen LogP contribution >= 0.6 is 23.4 Å². The summed E-state index contributed by atoms with van der Waals surface area (Å²) in [5.74, 6) is 0.654. The molecule has 1 rings (SSSR count). The fourth-order valence-electron chi connectivity index (χ4n) is 1.51. The van der Waals surface area contributed by atoms with Crippen LogP contribution in [0, 0.1) is 5.41 Å². The Labute approximate surface area is 85.2 Å². The summed E-state index contributed by atoms with van der Waals surface area (Å²) >= 11 is 5.79. The number of alkyl halides is 4. The van der Waals surface area contributed by atoms with Gasteiger partial charge < -0.3 is 0 Å². The Kier molecular flexibility index (Phi) is 3.81. The molecule has 0 aromatic heterocycles. The molecule has 0 aromatic rings. The lowest BCUT2D eigenvalue weighted by Crippen LogP contribution is -2.32. The quantitative estimate of drug-likeness (QED) is 0.660. The second-order valence-corrected chi connectivity index (χ2v) is 4.96. The first-order chi connectivity index (χ1) is 5.97. The summed E-state index contributed by atoms with van der Waals surface area (Å²) in [6.45, 7) is 0.